The Morgan fingerprint density at radius 2 is 1.91 bits per heavy atom. The van der Waals surface area contributed by atoms with Crippen molar-refractivity contribution in [3.8, 4) is 5.75 Å². The topological polar surface area (TPSA) is 115 Å². The molecule has 0 unspecified atom stereocenters. The maximum absolute atomic E-state index is 14.2. The minimum absolute atomic E-state index is 0.125. The summed E-state index contributed by atoms with van der Waals surface area (Å²) in [5.74, 6) is -1.37. The van der Waals surface area contributed by atoms with Gasteiger partial charge in [0.15, 0.2) is 15.6 Å². The van der Waals surface area contributed by atoms with Crippen molar-refractivity contribution in [1.29, 1.82) is 0 Å². The molecule has 10 nitrogen and oxygen atoms in total. The molecule has 0 radical (unpaired) electrons. The van der Waals surface area contributed by atoms with Gasteiger partial charge in [0, 0.05) is 37.5 Å². The highest BCUT2D eigenvalue weighted by atomic mass is 32.2. The zero-order valence-electron chi connectivity index (χ0n) is 18.5. The number of benzene rings is 1. The Morgan fingerprint density at radius 1 is 1.20 bits per heavy atom. The van der Waals surface area contributed by atoms with Gasteiger partial charge in [0.05, 0.1) is 17.3 Å². The van der Waals surface area contributed by atoms with Crippen LogP contribution in [0.5, 0.6) is 5.75 Å². The highest BCUT2D eigenvalue weighted by Crippen LogP contribution is 2.29. The first kappa shape index (κ1) is 24.6. The lowest BCUT2D eigenvalue weighted by atomic mass is 10.2. The van der Waals surface area contributed by atoms with Gasteiger partial charge in [-0.3, -0.25) is 0 Å². The molecule has 1 atom stereocenters. The summed E-state index contributed by atoms with van der Waals surface area (Å²) in [4.78, 5) is 15.3. The zero-order chi connectivity index (χ0) is 25.4. The third kappa shape index (κ3) is 5.61. The smallest absolute Gasteiger partial charge is 0.455 e. The lowest BCUT2D eigenvalue weighted by molar-refractivity contribution is -0.146. The van der Waals surface area contributed by atoms with E-state index in [0.717, 1.165) is 12.3 Å². The minimum Gasteiger partial charge on any atom is -0.486 e. The van der Waals surface area contributed by atoms with Crippen molar-refractivity contribution >= 4 is 21.8 Å². The molecule has 1 fully saturated rings. The van der Waals surface area contributed by atoms with E-state index >= 15 is 0 Å². The van der Waals surface area contributed by atoms with Crippen molar-refractivity contribution in [3.63, 3.8) is 0 Å². The van der Waals surface area contributed by atoms with Gasteiger partial charge in [-0.2, -0.15) is 18.2 Å². The molecule has 1 aliphatic rings. The van der Waals surface area contributed by atoms with Crippen LogP contribution in [0.1, 0.15) is 18.3 Å². The average molecular weight is 516 g/mol. The van der Waals surface area contributed by atoms with Gasteiger partial charge in [-0.25, -0.2) is 22.8 Å². The number of sulfone groups is 1. The molecule has 1 saturated heterocycles. The summed E-state index contributed by atoms with van der Waals surface area (Å²) in [6.45, 7) is 2.71. The molecule has 0 saturated carbocycles. The van der Waals surface area contributed by atoms with Crippen molar-refractivity contribution in [1.82, 2.24) is 20.1 Å². The molecule has 0 spiro atoms. The van der Waals surface area contributed by atoms with Crippen LogP contribution >= 0.6 is 0 Å². The number of nitrogens with zero attached hydrogens (tertiary/aromatic N) is 6. The van der Waals surface area contributed by atoms with Crippen LogP contribution in [0.25, 0.3) is 0 Å². The first-order valence-electron chi connectivity index (χ1n) is 10.3. The Labute approximate surface area is 197 Å². The monoisotopic (exact) mass is 516 g/mol. The van der Waals surface area contributed by atoms with E-state index in [1.807, 2.05) is 11.8 Å². The van der Waals surface area contributed by atoms with Crippen LogP contribution in [0.4, 0.5) is 29.5 Å². The second kappa shape index (κ2) is 9.28. The first-order valence-corrected chi connectivity index (χ1v) is 12.2. The summed E-state index contributed by atoms with van der Waals surface area (Å²) in [6.07, 6.45) is -0.861. The number of ether oxygens (including phenoxy) is 1. The molecule has 15 heteroatoms. The third-order valence-electron chi connectivity index (χ3n) is 5.29. The van der Waals surface area contributed by atoms with Gasteiger partial charge in [0.2, 0.25) is 5.95 Å². The number of halogens is 4. The van der Waals surface area contributed by atoms with Crippen LogP contribution in [-0.2, 0) is 22.6 Å². The number of anilines is 2. The number of rotatable bonds is 6. The fourth-order valence-electron chi connectivity index (χ4n) is 3.46. The molecule has 0 amide bonds. The minimum atomic E-state index is -4.68. The quantitative estimate of drug-likeness (QED) is 0.453. The molecule has 0 bridgehead atoms. The van der Waals surface area contributed by atoms with E-state index < -0.39 is 27.7 Å². The molecular formula is C20H20F4N6O4S. The van der Waals surface area contributed by atoms with E-state index in [9.17, 15) is 26.0 Å². The van der Waals surface area contributed by atoms with E-state index in [4.69, 9.17) is 9.26 Å². The summed E-state index contributed by atoms with van der Waals surface area (Å²) in [5, 5.41) is 2.98. The third-order valence-corrected chi connectivity index (χ3v) is 6.40. The van der Waals surface area contributed by atoms with E-state index in [1.54, 1.807) is 4.90 Å². The van der Waals surface area contributed by atoms with Crippen LogP contribution in [0.3, 0.4) is 0 Å². The van der Waals surface area contributed by atoms with Crippen LogP contribution in [0, 0.1) is 5.82 Å². The summed E-state index contributed by atoms with van der Waals surface area (Å²) in [7, 11) is -3.52. The maximum Gasteiger partial charge on any atom is 0.455 e. The van der Waals surface area contributed by atoms with Crippen molar-refractivity contribution in [3.05, 3.63) is 47.8 Å². The van der Waals surface area contributed by atoms with Crippen molar-refractivity contribution in [2.75, 3.05) is 35.7 Å². The Bertz CT molecular complexity index is 1300. The van der Waals surface area contributed by atoms with Gasteiger partial charge >= 0.3 is 12.2 Å². The van der Waals surface area contributed by atoms with Gasteiger partial charge in [0.1, 0.15) is 12.4 Å². The van der Waals surface area contributed by atoms with Crippen molar-refractivity contribution < 1.29 is 35.2 Å². The van der Waals surface area contributed by atoms with Crippen molar-refractivity contribution in [2.24, 2.45) is 0 Å². The summed E-state index contributed by atoms with van der Waals surface area (Å²) in [5.41, 5.74) is 0.168. The number of hydrogen-bond acceptors (Lipinski definition) is 10. The van der Waals surface area contributed by atoms with Gasteiger partial charge in [-0.15, -0.1) is 0 Å². The molecular weight excluding hydrogens is 496 g/mol. The first-order chi connectivity index (χ1) is 16.4. The van der Waals surface area contributed by atoms with E-state index in [0.29, 0.717) is 25.6 Å². The maximum atomic E-state index is 14.2. The number of hydrogen-bond donors (Lipinski definition) is 0. The van der Waals surface area contributed by atoms with Gasteiger partial charge in [-0.1, -0.05) is 6.07 Å². The SMILES string of the molecule is C[C@@H]1CN(c2nc(C(F)(F)F)no2)CCN1c1ncc(OCc2ccc(S(C)(=O)=O)cc2F)cn1. The van der Waals surface area contributed by atoms with Crippen LogP contribution in [0.2, 0.25) is 0 Å². The van der Waals surface area contributed by atoms with Crippen LogP contribution in [-0.4, -0.2) is 60.5 Å². The lowest BCUT2D eigenvalue weighted by Crippen LogP contribution is -2.52. The standard InChI is InChI=1S/C20H20F4N6O4S/c1-12-10-29(19-27-17(28-34-19)20(22,23)24)5-6-30(12)18-25-8-14(9-26-18)33-11-13-3-4-15(7-16(13)21)35(2,31)32/h3-4,7-9,12H,5-6,10-11H2,1-2H3/t12-/m1/s1. The summed E-state index contributed by atoms with van der Waals surface area (Å²) < 4.78 is 85.6. The largest absolute Gasteiger partial charge is 0.486 e. The molecule has 1 aromatic carbocycles. The Balaban J connectivity index is 1.36. The Morgan fingerprint density at radius 3 is 2.49 bits per heavy atom. The van der Waals surface area contributed by atoms with Crippen molar-refractivity contribution in [2.45, 2.75) is 30.6 Å². The van der Waals surface area contributed by atoms with Gasteiger partial charge in [0.25, 0.3) is 5.82 Å². The van der Waals surface area contributed by atoms with E-state index in [2.05, 4.69) is 20.1 Å². The fourth-order valence-corrected chi connectivity index (χ4v) is 4.09. The van der Waals surface area contributed by atoms with Gasteiger partial charge in [-0.05, 0) is 24.2 Å². The van der Waals surface area contributed by atoms with Gasteiger partial charge < -0.3 is 19.1 Å². The van der Waals surface area contributed by atoms with Crippen LogP contribution in [0.15, 0.2) is 40.0 Å². The second-order valence-electron chi connectivity index (χ2n) is 7.92. The molecule has 1 aliphatic heterocycles. The average Bonchev–Trinajstić information content (AvgIpc) is 3.29. The molecule has 188 valence electrons. The molecule has 35 heavy (non-hydrogen) atoms. The Hall–Kier alpha value is -3.49. The fraction of sp³-hybridized carbons (Fsp3) is 0.400. The lowest BCUT2D eigenvalue weighted by Gasteiger charge is -2.38. The molecule has 3 heterocycles. The van der Waals surface area contributed by atoms with E-state index in [1.165, 1.54) is 24.5 Å². The second-order valence-corrected chi connectivity index (χ2v) is 9.94. The number of alkyl halides is 3. The zero-order valence-corrected chi connectivity index (χ0v) is 19.3. The number of piperazine rings is 1. The summed E-state index contributed by atoms with van der Waals surface area (Å²) in [6, 6.07) is 3.19. The molecule has 0 aliphatic carbocycles. The van der Waals surface area contributed by atoms with Crippen LogP contribution < -0.4 is 14.5 Å². The highest BCUT2D eigenvalue weighted by Gasteiger charge is 2.38. The Kier molecular flexibility index (Phi) is 6.53. The normalized spacial score (nSPS) is 17.0. The molecule has 0 N–H and O–H groups in total. The molecule has 2 aromatic heterocycles. The van der Waals surface area contributed by atoms with E-state index in [-0.39, 0.29) is 34.9 Å². The number of aromatic nitrogens is 4. The predicted octanol–water partition coefficient (Wildman–Crippen LogP) is 2.72. The molecule has 3 aromatic rings. The summed E-state index contributed by atoms with van der Waals surface area (Å²) >= 11 is 0. The molecule has 4 rings (SSSR count). The highest BCUT2D eigenvalue weighted by molar-refractivity contribution is 7.90. The predicted molar refractivity (Wildman–Crippen MR) is 114 cm³/mol.